The van der Waals surface area contributed by atoms with Crippen LogP contribution >= 0.6 is 0 Å². The van der Waals surface area contributed by atoms with Gasteiger partial charge in [0.2, 0.25) is 0 Å². The lowest BCUT2D eigenvalue weighted by Gasteiger charge is -2.15. The first-order valence-electron chi connectivity index (χ1n) is 8.40. The van der Waals surface area contributed by atoms with Crippen LogP contribution in [0.1, 0.15) is 31.2 Å². The molecule has 0 saturated heterocycles. The Kier molecular flexibility index (Phi) is 7.37. The van der Waals surface area contributed by atoms with Crippen LogP contribution in [0.2, 0.25) is 0 Å². The molecule has 0 spiro atoms. The standard InChI is InChI=1S/C19H23NO6/c1-3-13-5-10-16(20-11-13)17(21)12-25-14-6-8-15(9-7-14)26-19(18(22)23)24-4-2/h5-11,17,19,21H,3-4,12H2,1-2H3,(H,22,23)/t17-,19+/m0/s1. The zero-order valence-electron chi connectivity index (χ0n) is 14.8. The van der Waals surface area contributed by atoms with Crippen LogP contribution in [0.15, 0.2) is 42.6 Å². The van der Waals surface area contributed by atoms with Crippen molar-refractivity contribution >= 4 is 5.97 Å². The Morgan fingerprint density at radius 2 is 1.81 bits per heavy atom. The molecule has 1 aromatic heterocycles. The molecule has 2 N–H and O–H groups in total. The van der Waals surface area contributed by atoms with Gasteiger partial charge >= 0.3 is 5.97 Å². The molecule has 0 radical (unpaired) electrons. The highest BCUT2D eigenvalue weighted by Crippen LogP contribution is 2.20. The molecule has 2 aromatic rings. The van der Waals surface area contributed by atoms with E-state index in [-0.39, 0.29) is 13.2 Å². The molecule has 0 aliphatic rings. The van der Waals surface area contributed by atoms with E-state index >= 15 is 0 Å². The first-order chi connectivity index (χ1) is 12.5. The van der Waals surface area contributed by atoms with Crippen molar-refractivity contribution in [2.75, 3.05) is 13.2 Å². The molecule has 2 atom stereocenters. The van der Waals surface area contributed by atoms with Crippen molar-refractivity contribution in [3.63, 3.8) is 0 Å². The van der Waals surface area contributed by atoms with Crippen LogP contribution < -0.4 is 9.47 Å². The Bertz CT molecular complexity index is 686. The molecule has 1 aromatic carbocycles. The molecule has 0 aliphatic heterocycles. The van der Waals surface area contributed by atoms with Crippen molar-refractivity contribution in [3.05, 3.63) is 53.9 Å². The highest BCUT2D eigenvalue weighted by molar-refractivity contribution is 5.71. The first kappa shape index (κ1) is 19.7. The molecule has 140 valence electrons. The van der Waals surface area contributed by atoms with E-state index in [2.05, 4.69) is 4.98 Å². The lowest BCUT2D eigenvalue weighted by molar-refractivity contribution is -0.170. The number of carbonyl (C=O) groups is 1. The van der Waals surface area contributed by atoms with Gasteiger partial charge in [-0.1, -0.05) is 13.0 Å². The average molecular weight is 361 g/mol. The maximum Gasteiger partial charge on any atom is 0.373 e. The molecule has 26 heavy (non-hydrogen) atoms. The molecule has 2 rings (SSSR count). The number of nitrogens with zero attached hydrogens (tertiary/aromatic N) is 1. The number of aliphatic hydroxyl groups is 1. The second kappa shape index (κ2) is 9.74. The number of benzene rings is 1. The van der Waals surface area contributed by atoms with E-state index in [1.165, 1.54) is 0 Å². The zero-order valence-corrected chi connectivity index (χ0v) is 14.8. The fourth-order valence-corrected chi connectivity index (χ4v) is 2.15. The predicted octanol–water partition coefficient (Wildman–Crippen LogP) is 2.58. The third kappa shape index (κ3) is 5.72. The van der Waals surface area contributed by atoms with Crippen LogP contribution in [-0.2, 0) is 16.0 Å². The summed E-state index contributed by atoms with van der Waals surface area (Å²) in [6.45, 7) is 4.00. The normalized spacial score (nSPS) is 13.0. The zero-order chi connectivity index (χ0) is 18.9. The number of aryl methyl sites for hydroxylation is 1. The van der Waals surface area contributed by atoms with Crippen molar-refractivity contribution < 1.29 is 29.2 Å². The van der Waals surface area contributed by atoms with Gasteiger partial charge in [-0.15, -0.1) is 0 Å². The Morgan fingerprint density at radius 1 is 1.12 bits per heavy atom. The van der Waals surface area contributed by atoms with Crippen molar-refractivity contribution in [1.82, 2.24) is 4.98 Å². The van der Waals surface area contributed by atoms with Crippen LogP contribution in [0.5, 0.6) is 11.5 Å². The summed E-state index contributed by atoms with van der Waals surface area (Å²) in [6, 6.07) is 10.1. The van der Waals surface area contributed by atoms with Gasteiger partial charge in [0.15, 0.2) is 0 Å². The lowest BCUT2D eigenvalue weighted by Crippen LogP contribution is -2.30. The number of carboxylic acids is 1. The van der Waals surface area contributed by atoms with Crippen molar-refractivity contribution in [1.29, 1.82) is 0 Å². The number of pyridine rings is 1. The largest absolute Gasteiger partial charge is 0.490 e. The summed E-state index contributed by atoms with van der Waals surface area (Å²) in [6.07, 6.45) is 0.430. The number of carboxylic acid groups (broad SMARTS) is 1. The quantitative estimate of drug-likeness (QED) is 0.628. The van der Waals surface area contributed by atoms with Gasteiger partial charge in [0.05, 0.1) is 5.69 Å². The molecular formula is C19H23NO6. The number of aromatic nitrogens is 1. The Hall–Kier alpha value is -2.64. The molecule has 0 fully saturated rings. The predicted molar refractivity (Wildman–Crippen MR) is 94.2 cm³/mol. The maximum atomic E-state index is 11.0. The van der Waals surface area contributed by atoms with Gasteiger partial charge in [-0.05, 0) is 49.2 Å². The topological polar surface area (TPSA) is 98.1 Å². The molecular weight excluding hydrogens is 338 g/mol. The van der Waals surface area contributed by atoms with E-state index in [4.69, 9.17) is 19.3 Å². The molecule has 7 nitrogen and oxygen atoms in total. The number of aliphatic carboxylic acids is 1. The van der Waals surface area contributed by atoms with E-state index in [0.29, 0.717) is 17.2 Å². The molecule has 7 heteroatoms. The van der Waals surface area contributed by atoms with Crippen LogP contribution in [0.25, 0.3) is 0 Å². The maximum absolute atomic E-state index is 11.0. The van der Waals surface area contributed by atoms with Gasteiger partial charge in [0, 0.05) is 12.8 Å². The Morgan fingerprint density at radius 3 is 2.35 bits per heavy atom. The minimum atomic E-state index is -1.36. The summed E-state index contributed by atoms with van der Waals surface area (Å²) >= 11 is 0. The fraction of sp³-hybridized carbons (Fsp3) is 0.368. The van der Waals surface area contributed by atoms with Crippen LogP contribution in [0, 0.1) is 0 Å². The molecule has 0 amide bonds. The number of aliphatic hydroxyl groups excluding tert-OH is 1. The second-order valence-electron chi connectivity index (χ2n) is 5.49. The van der Waals surface area contributed by atoms with Gasteiger partial charge < -0.3 is 24.4 Å². The highest BCUT2D eigenvalue weighted by atomic mass is 16.7. The summed E-state index contributed by atoms with van der Waals surface area (Å²) in [5.41, 5.74) is 1.65. The minimum Gasteiger partial charge on any atom is -0.490 e. The molecule has 0 bridgehead atoms. The van der Waals surface area contributed by atoms with E-state index < -0.39 is 18.4 Å². The van der Waals surface area contributed by atoms with Crippen LogP contribution in [0.4, 0.5) is 0 Å². The first-order valence-corrected chi connectivity index (χ1v) is 8.40. The van der Waals surface area contributed by atoms with Gasteiger partial charge in [-0.3, -0.25) is 4.98 Å². The van der Waals surface area contributed by atoms with Gasteiger partial charge in [-0.2, -0.15) is 0 Å². The van der Waals surface area contributed by atoms with Crippen molar-refractivity contribution in [3.8, 4) is 11.5 Å². The SMILES string of the molecule is CCO[C@H](Oc1ccc(OC[C@H](O)c2ccc(CC)cn2)cc1)C(=O)O. The third-order valence-corrected chi connectivity index (χ3v) is 3.59. The highest BCUT2D eigenvalue weighted by Gasteiger charge is 2.19. The van der Waals surface area contributed by atoms with Gasteiger partial charge in [-0.25, -0.2) is 4.79 Å². The number of hydrogen-bond donors (Lipinski definition) is 2. The Labute approximate surface area is 152 Å². The van der Waals surface area contributed by atoms with E-state index in [9.17, 15) is 9.90 Å². The summed E-state index contributed by atoms with van der Waals surface area (Å²) in [5.74, 6) is -0.336. The lowest BCUT2D eigenvalue weighted by atomic mass is 10.2. The van der Waals surface area contributed by atoms with Gasteiger partial charge in [0.1, 0.15) is 24.2 Å². The van der Waals surface area contributed by atoms with Crippen molar-refractivity contribution in [2.45, 2.75) is 32.7 Å². The number of ether oxygens (including phenoxy) is 3. The molecule has 0 unspecified atom stereocenters. The van der Waals surface area contributed by atoms with E-state index in [0.717, 1.165) is 12.0 Å². The molecule has 0 aliphatic carbocycles. The monoisotopic (exact) mass is 361 g/mol. The van der Waals surface area contributed by atoms with Crippen molar-refractivity contribution in [2.24, 2.45) is 0 Å². The second-order valence-corrected chi connectivity index (χ2v) is 5.49. The van der Waals surface area contributed by atoms with E-state index in [1.807, 2.05) is 13.0 Å². The summed E-state index contributed by atoms with van der Waals surface area (Å²) in [5, 5.41) is 19.1. The molecule has 1 heterocycles. The minimum absolute atomic E-state index is 0.0510. The summed E-state index contributed by atoms with van der Waals surface area (Å²) in [4.78, 5) is 15.2. The van der Waals surface area contributed by atoms with Crippen LogP contribution in [-0.4, -0.2) is 40.7 Å². The van der Waals surface area contributed by atoms with E-state index in [1.54, 1.807) is 43.5 Å². The number of hydrogen-bond acceptors (Lipinski definition) is 6. The third-order valence-electron chi connectivity index (χ3n) is 3.59. The smallest absolute Gasteiger partial charge is 0.373 e. The Balaban J connectivity index is 1.88. The average Bonchev–Trinajstić information content (AvgIpc) is 2.66. The fourth-order valence-electron chi connectivity index (χ4n) is 2.15. The van der Waals surface area contributed by atoms with Gasteiger partial charge in [0.25, 0.3) is 6.29 Å². The summed E-state index contributed by atoms with van der Waals surface area (Å²) < 4.78 is 15.8. The molecule has 0 saturated carbocycles. The number of rotatable bonds is 10. The summed E-state index contributed by atoms with van der Waals surface area (Å²) in [7, 11) is 0. The van der Waals surface area contributed by atoms with Crippen LogP contribution in [0.3, 0.4) is 0 Å².